The average molecular weight is 501 g/mol. The first-order chi connectivity index (χ1) is 16.4. The Bertz CT molecular complexity index is 1330. The minimum absolute atomic E-state index is 0.0559. The summed E-state index contributed by atoms with van der Waals surface area (Å²) in [5.41, 5.74) is 9.61. The maximum absolute atomic E-state index is 14.0. The second kappa shape index (κ2) is 9.46. The predicted octanol–water partition coefficient (Wildman–Crippen LogP) is 4.66. The fourth-order valence-electron chi connectivity index (χ4n) is 4.19. The molecule has 1 aliphatic rings. The van der Waals surface area contributed by atoms with E-state index >= 15 is 0 Å². The van der Waals surface area contributed by atoms with Gasteiger partial charge < -0.3 is 10.6 Å². The number of hydrogen-bond donors (Lipinski definition) is 1. The van der Waals surface area contributed by atoms with Crippen molar-refractivity contribution in [2.45, 2.75) is 32.0 Å². The molecule has 4 aromatic rings. The Balaban J connectivity index is 1.37. The van der Waals surface area contributed by atoms with E-state index in [1.54, 1.807) is 24.0 Å². The fraction of sp³-hybridized carbons (Fsp3) is 0.292. The van der Waals surface area contributed by atoms with Crippen molar-refractivity contribution in [1.29, 1.82) is 0 Å². The molecule has 7 nitrogen and oxygen atoms in total. The van der Waals surface area contributed by atoms with E-state index in [9.17, 15) is 4.39 Å². The monoisotopic (exact) mass is 500 g/mol. The highest BCUT2D eigenvalue weighted by Crippen LogP contribution is 2.33. The molecule has 0 radical (unpaired) electrons. The van der Waals surface area contributed by atoms with E-state index in [4.69, 9.17) is 33.8 Å². The molecule has 34 heavy (non-hydrogen) atoms. The highest BCUT2D eigenvalue weighted by atomic mass is 35.5. The maximum atomic E-state index is 14.0. The summed E-state index contributed by atoms with van der Waals surface area (Å²) in [7, 11) is 0. The Labute approximate surface area is 206 Å². The summed E-state index contributed by atoms with van der Waals surface area (Å²) < 4.78 is 15.5. The van der Waals surface area contributed by atoms with Crippen LogP contribution >= 0.6 is 23.2 Å². The Morgan fingerprint density at radius 3 is 2.71 bits per heavy atom. The van der Waals surface area contributed by atoms with E-state index in [1.165, 1.54) is 12.1 Å². The van der Waals surface area contributed by atoms with Crippen LogP contribution in [0.25, 0.3) is 22.4 Å². The van der Waals surface area contributed by atoms with E-state index in [-0.39, 0.29) is 11.1 Å². The predicted molar refractivity (Wildman–Crippen MR) is 130 cm³/mol. The molecule has 0 spiro atoms. The lowest BCUT2D eigenvalue weighted by molar-refractivity contribution is 0.0562. The van der Waals surface area contributed by atoms with Crippen LogP contribution in [-0.4, -0.2) is 43.7 Å². The van der Waals surface area contributed by atoms with Gasteiger partial charge in [-0.2, -0.15) is 4.73 Å². The Morgan fingerprint density at radius 2 is 1.97 bits per heavy atom. The molecule has 0 amide bonds. The number of likely N-dealkylation sites (tertiary alicyclic amines) is 1. The van der Waals surface area contributed by atoms with Crippen molar-refractivity contribution in [2.24, 2.45) is 5.73 Å². The fourth-order valence-corrected chi connectivity index (χ4v) is 4.87. The van der Waals surface area contributed by atoms with Gasteiger partial charge in [-0.1, -0.05) is 23.2 Å². The van der Waals surface area contributed by atoms with Crippen LogP contribution in [0.3, 0.4) is 0 Å². The molecular weight excluding hydrogens is 478 g/mol. The number of pyridine rings is 1. The van der Waals surface area contributed by atoms with E-state index in [0.29, 0.717) is 21.9 Å². The Kier molecular flexibility index (Phi) is 6.40. The van der Waals surface area contributed by atoms with Gasteiger partial charge in [0.05, 0.1) is 10.5 Å². The van der Waals surface area contributed by atoms with E-state index in [2.05, 4.69) is 19.9 Å². The van der Waals surface area contributed by atoms with E-state index in [0.717, 1.165) is 42.7 Å². The summed E-state index contributed by atoms with van der Waals surface area (Å²) in [6.45, 7) is 4.42. The largest absolute Gasteiger partial charge is 0.406 e. The summed E-state index contributed by atoms with van der Waals surface area (Å²) in [6.07, 6.45) is 7.55. The van der Waals surface area contributed by atoms with Crippen molar-refractivity contribution in [2.75, 3.05) is 13.1 Å². The highest BCUT2D eigenvalue weighted by Gasteiger charge is 2.21. The molecule has 2 unspecified atom stereocenters. The van der Waals surface area contributed by atoms with Crippen LogP contribution in [0.1, 0.15) is 30.6 Å². The molecule has 5 rings (SSSR count). The number of rotatable bonds is 6. The Morgan fingerprint density at radius 1 is 1.18 bits per heavy atom. The third-order valence-corrected chi connectivity index (χ3v) is 6.65. The molecule has 1 aromatic carbocycles. The van der Waals surface area contributed by atoms with Crippen LogP contribution in [0.15, 0.2) is 49.1 Å². The van der Waals surface area contributed by atoms with Gasteiger partial charge in [0.2, 0.25) is 0 Å². The quantitative estimate of drug-likeness (QED) is 0.387. The van der Waals surface area contributed by atoms with Gasteiger partial charge >= 0.3 is 0 Å². The van der Waals surface area contributed by atoms with Crippen molar-refractivity contribution in [3.63, 3.8) is 0 Å². The van der Waals surface area contributed by atoms with Gasteiger partial charge in [0.15, 0.2) is 11.9 Å². The van der Waals surface area contributed by atoms with Gasteiger partial charge in [-0.05, 0) is 37.6 Å². The lowest BCUT2D eigenvalue weighted by Gasteiger charge is -2.18. The molecular formula is C24H23Cl2FN6O. The normalized spacial score (nSPS) is 17.4. The third kappa shape index (κ3) is 4.59. The summed E-state index contributed by atoms with van der Waals surface area (Å²) in [5, 5.41) is 0.276. The third-order valence-electron chi connectivity index (χ3n) is 5.94. The molecule has 10 heteroatoms. The summed E-state index contributed by atoms with van der Waals surface area (Å²) in [5.74, 6) is 0.0132. The standard InChI is InChI=1S/C24H23Cl2FN6O/c1-14(22-18(25)2-3-19(27)23(22)26)34-33-7-5-20-21(33)8-16(11-29-20)24-30-9-15(10-31-24)12-32-6-4-17(28)13-32/h2-3,5,7-11,14,17H,4,6,12-13,28H2,1H3. The zero-order valence-electron chi connectivity index (χ0n) is 18.5. The minimum atomic E-state index is -0.607. The molecule has 176 valence electrons. The number of fused-ring (bicyclic) bond motifs is 1. The molecule has 4 heterocycles. The van der Waals surface area contributed by atoms with Crippen LogP contribution in [0.2, 0.25) is 10.0 Å². The van der Waals surface area contributed by atoms with Crippen molar-refractivity contribution in [3.8, 4) is 11.4 Å². The molecule has 0 aliphatic carbocycles. The molecule has 0 bridgehead atoms. The van der Waals surface area contributed by atoms with Gasteiger partial charge in [0, 0.05) is 72.2 Å². The van der Waals surface area contributed by atoms with Crippen molar-refractivity contribution in [1.82, 2.24) is 24.6 Å². The summed E-state index contributed by atoms with van der Waals surface area (Å²) in [4.78, 5) is 21.9. The first-order valence-corrected chi connectivity index (χ1v) is 11.7. The summed E-state index contributed by atoms with van der Waals surface area (Å²) >= 11 is 12.4. The van der Waals surface area contributed by atoms with Crippen molar-refractivity contribution >= 4 is 34.2 Å². The number of nitrogens with two attached hydrogens (primary N) is 1. The Hall–Kier alpha value is -2.78. The second-order valence-electron chi connectivity index (χ2n) is 8.47. The van der Waals surface area contributed by atoms with E-state index in [1.807, 2.05) is 24.5 Å². The zero-order valence-corrected chi connectivity index (χ0v) is 20.0. The molecule has 2 N–H and O–H groups in total. The molecule has 1 fully saturated rings. The minimum Gasteiger partial charge on any atom is -0.406 e. The molecule has 0 saturated carbocycles. The molecule has 3 aromatic heterocycles. The smallest absolute Gasteiger partial charge is 0.160 e. The van der Waals surface area contributed by atoms with Crippen LogP contribution in [0.4, 0.5) is 4.39 Å². The summed E-state index contributed by atoms with van der Waals surface area (Å²) in [6, 6.07) is 6.66. The van der Waals surface area contributed by atoms with E-state index < -0.39 is 11.9 Å². The first kappa shape index (κ1) is 23.0. The number of nitrogens with zero attached hydrogens (tertiary/aromatic N) is 5. The number of halogens is 3. The lowest BCUT2D eigenvalue weighted by atomic mass is 10.1. The van der Waals surface area contributed by atoms with Crippen molar-refractivity contribution in [3.05, 3.63) is 76.0 Å². The molecule has 1 saturated heterocycles. The highest BCUT2D eigenvalue weighted by molar-refractivity contribution is 6.36. The second-order valence-corrected chi connectivity index (χ2v) is 9.26. The molecule has 1 aliphatic heterocycles. The maximum Gasteiger partial charge on any atom is 0.160 e. The lowest BCUT2D eigenvalue weighted by Crippen LogP contribution is -2.26. The van der Waals surface area contributed by atoms with Crippen LogP contribution in [-0.2, 0) is 6.54 Å². The van der Waals surface area contributed by atoms with Gasteiger partial charge in [0.1, 0.15) is 11.3 Å². The number of benzene rings is 1. The van der Waals surface area contributed by atoms with Gasteiger partial charge in [0.25, 0.3) is 0 Å². The van der Waals surface area contributed by atoms with Gasteiger partial charge in [-0.25, -0.2) is 14.4 Å². The van der Waals surface area contributed by atoms with Gasteiger partial charge in [-0.3, -0.25) is 9.88 Å². The van der Waals surface area contributed by atoms with Gasteiger partial charge in [-0.15, -0.1) is 0 Å². The SMILES string of the molecule is CC(On1ccc2ncc(-c3ncc(CN4CCC(N)C4)cn3)cc21)c1c(Cl)ccc(F)c1Cl. The average Bonchev–Trinajstić information content (AvgIpc) is 3.42. The van der Waals surface area contributed by atoms with Crippen LogP contribution in [0, 0.1) is 5.82 Å². The molecule has 2 atom stereocenters. The first-order valence-electron chi connectivity index (χ1n) is 11.0. The topological polar surface area (TPSA) is 82.1 Å². The zero-order chi connectivity index (χ0) is 23.8. The number of hydrogen-bond acceptors (Lipinski definition) is 6. The number of aromatic nitrogens is 4. The van der Waals surface area contributed by atoms with Crippen molar-refractivity contribution < 1.29 is 9.23 Å². The van der Waals surface area contributed by atoms with Crippen LogP contribution in [0.5, 0.6) is 0 Å². The van der Waals surface area contributed by atoms with Crippen LogP contribution < -0.4 is 10.6 Å².